The molecule has 0 radical (unpaired) electrons. The Hall–Kier alpha value is -1.30. The minimum absolute atomic E-state index is 0.0537. The van der Waals surface area contributed by atoms with Gasteiger partial charge in [-0.05, 0) is 13.0 Å². The first-order valence-corrected chi connectivity index (χ1v) is 3.84. The Morgan fingerprint density at radius 2 is 2.07 bits per heavy atom. The van der Waals surface area contributed by atoms with Crippen LogP contribution in [-0.4, -0.2) is 10.1 Å². The Kier molecular flexibility index (Phi) is 2.66. The number of aromatic nitrogens is 1. The van der Waals surface area contributed by atoms with E-state index in [0.717, 1.165) is 0 Å². The molecule has 0 spiro atoms. The Balaban J connectivity index is 3.13. The molecule has 0 saturated heterocycles. The number of halogens is 3. The molecule has 1 aromatic rings. The zero-order valence-corrected chi connectivity index (χ0v) is 7.34. The van der Waals surface area contributed by atoms with E-state index >= 15 is 0 Å². The summed E-state index contributed by atoms with van der Waals surface area (Å²) in [5.41, 5.74) is 4.44. The highest BCUT2D eigenvalue weighted by molar-refractivity contribution is 5.32. The summed E-state index contributed by atoms with van der Waals surface area (Å²) < 4.78 is 36.4. The molecule has 1 rings (SSSR count). The first-order chi connectivity index (χ1) is 6.32. The predicted molar refractivity (Wildman–Crippen MR) is 43.5 cm³/mol. The lowest BCUT2D eigenvalue weighted by Gasteiger charge is -2.10. The second-order valence-corrected chi connectivity index (χ2v) is 2.91. The van der Waals surface area contributed by atoms with Crippen LogP contribution in [0.2, 0.25) is 0 Å². The van der Waals surface area contributed by atoms with Gasteiger partial charge in [0.05, 0.1) is 11.3 Å². The smallest absolute Gasteiger partial charge is 0.418 e. The van der Waals surface area contributed by atoms with Crippen molar-refractivity contribution in [3.63, 3.8) is 0 Å². The van der Waals surface area contributed by atoms with Gasteiger partial charge in [0.15, 0.2) is 0 Å². The van der Waals surface area contributed by atoms with Gasteiger partial charge in [-0.15, -0.1) is 0 Å². The maximum atomic E-state index is 12.1. The molecule has 1 unspecified atom stereocenters. The third-order valence-electron chi connectivity index (χ3n) is 1.66. The molecule has 1 heterocycles. The Morgan fingerprint density at radius 1 is 1.50 bits per heavy atom. The van der Waals surface area contributed by atoms with Gasteiger partial charge >= 0.3 is 6.18 Å². The molecule has 0 aromatic carbocycles. The predicted octanol–water partition coefficient (Wildman–Crippen LogP) is 1.83. The monoisotopic (exact) mass is 206 g/mol. The summed E-state index contributed by atoms with van der Waals surface area (Å²) in [7, 11) is 0. The number of nitrogens with two attached hydrogens (primary N) is 1. The lowest BCUT2D eigenvalue weighted by molar-refractivity contribution is -0.138. The Bertz CT molecular complexity index is 336. The first-order valence-electron chi connectivity index (χ1n) is 3.84. The van der Waals surface area contributed by atoms with E-state index < -0.39 is 23.5 Å². The largest absolute Gasteiger partial charge is 0.506 e. The summed E-state index contributed by atoms with van der Waals surface area (Å²) >= 11 is 0. The number of pyridine rings is 1. The van der Waals surface area contributed by atoms with Gasteiger partial charge in [0, 0.05) is 12.2 Å². The van der Waals surface area contributed by atoms with Gasteiger partial charge in [-0.25, -0.2) is 0 Å². The molecule has 6 heteroatoms. The topological polar surface area (TPSA) is 59.1 Å². The highest BCUT2D eigenvalue weighted by Gasteiger charge is 2.31. The summed E-state index contributed by atoms with van der Waals surface area (Å²) in [4.78, 5) is 3.45. The molecular weight excluding hydrogens is 197 g/mol. The van der Waals surface area contributed by atoms with Crippen LogP contribution in [0.1, 0.15) is 24.2 Å². The molecule has 1 atom stereocenters. The highest BCUT2D eigenvalue weighted by Crippen LogP contribution is 2.32. The fraction of sp³-hybridized carbons (Fsp3) is 0.375. The van der Waals surface area contributed by atoms with Crippen molar-refractivity contribution in [2.75, 3.05) is 0 Å². The van der Waals surface area contributed by atoms with Gasteiger partial charge < -0.3 is 10.8 Å². The van der Waals surface area contributed by atoms with Crippen LogP contribution in [-0.2, 0) is 6.18 Å². The average molecular weight is 206 g/mol. The summed E-state index contributed by atoms with van der Waals surface area (Å²) in [6.07, 6.45) is -3.85. The third kappa shape index (κ3) is 2.14. The van der Waals surface area contributed by atoms with Crippen molar-refractivity contribution in [1.29, 1.82) is 0 Å². The van der Waals surface area contributed by atoms with Crippen LogP contribution in [0, 0.1) is 0 Å². The number of aromatic hydroxyl groups is 1. The van der Waals surface area contributed by atoms with E-state index in [1.165, 1.54) is 6.92 Å². The number of nitrogens with zero attached hydrogens (tertiary/aromatic N) is 1. The fourth-order valence-corrected chi connectivity index (χ4v) is 0.970. The van der Waals surface area contributed by atoms with Crippen molar-refractivity contribution in [2.24, 2.45) is 5.73 Å². The molecule has 0 aliphatic rings. The van der Waals surface area contributed by atoms with Gasteiger partial charge in [0.1, 0.15) is 5.75 Å². The molecule has 14 heavy (non-hydrogen) atoms. The van der Waals surface area contributed by atoms with Crippen molar-refractivity contribution < 1.29 is 18.3 Å². The standard InChI is InChI=1S/C8H9F3N2O/c1-4(12)7-6(14)2-5(3-13-7)8(9,10)11/h2-4,14H,12H2,1H3. The van der Waals surface area contributed by atoms with Crippen molar-refractivity contribution in [2.45, 2.75) is 19.1 Å². The van der Waals surface area contributed by atoms with E-state index in [2.05, 4.69) is 4.98 Å². The van der Waals surface area contributed by atoms with Crippen LogP contribution < -0.4 is 5.73 Å². The molecule has 0 bridgehead atoms. The highest BCUT2D eigenvalue weighted by atomic mass is 19.4. The maximum absolute atomic E-state index is 12.1. The van der Waals surface area contributed by atoms with Gasteiger partial charge in [-0.1, -0.05) is 0 Å². The maximum Gasteiger partial charge on any atom is 0.418 e. The van der Waals surface area contributed by atoms with Crippen molar-refractivity contribution in [3.05, 3.63) is 23.5 Å². The molecule has 3 nitrogen and oxygen atoms in total. The van der Waals surface area contributed by atoms with Gasteiger partial charge in [-0.3, -0.25) is 4.98 Å². The number of hydrogen-bond donors (Lipinski definition) is 2. The van der Waals surface area contributed by atoms with E-state index in [4.69, 9.17) is 5.73 Å². The van der Waals surface area contributed by atoms with Crippen molar-refractivity contribution in [1.82, 2.24) is 4.98 Å². The molecular formula is C8H9F3N2O. The van der Waals surface area contributed by atoms with Crippen LogP contribution >= 0.6 is 0 Å². The van der Waals surface area contributed by atoms with Crippen molar-refractivity contribution >= 4 is 0 Å². The zero-order chi connectivity index (χ0) is 10.9. The summed E-state index contributed by atoms with van der Waals surface area (Å²) in [5, 5.41) is 9.18. The van der Waals surface area contributed by atoms with Gasteiger partial charge in [0.25, 0.3) is 0 Å². The molecule has 78 valence electrons. The second kappa shape index (κ2) is 3.45. The van der Waals surface area contributed by atoms with E-state index in [0.29, 0.717) is 12.3 Å². The molecule has 3 N–H and O–H groups in total. The summed E-state index contributed by atoms with van der Waals surface area (Å²) in [6.45, 7) is 1.52. The zero-order valence-electron chi connectivity index (χ0n) is 7.34. The van der Waals surface area contributed by atoms with Crippen LogP contribution in [0.5, 0.6) is 5.75 Å². The SMILES string of the molecule is CC(N)c1ncc(C(F)(F)F)cc1O. The second-order valence-electron chi connectivity index (χ2n) is 2.91. The quantitative estimate of drug-likeness (QED) is 0.736. The average Bonchev–Trinajstić information content (AvgIpc) is 2.01. The third-order valence-corrected chi connectivity index (χ3v) is 1.66. The Labute approximate surface area is 78.4 Å². The summed E-state index contributed by atoms with van der Waals surface area (Å²) in [5.74, 6) is -0.533. The number of alkyl halides is 3. The van der Waals surface area contributed by atoms with Crippen LogP contribution in [0.4, 0.5) is 13.2 Å². The van der Waals surface area contributed by atoms with E-state index in [-0.39, 0.29) is 5.69 Å². The lowest BCUT2D eigenvalue weighted by atomic mass is 10.1. The van der Waals surface area contributed by atoms with E-state index in [1.807, 2.05) is 0 Å². The molecule has 0 amide bonds. The first kappa shape index (κ1) is 10.8. The van der Waals surface area contributed by atoms with E-state index in [1.54, 1.807) is 0 Å². The molecule has 1 aromatic heterocycles. The van der Waals surface area contributed by atoms with E-state index in [9.17, 15) is 18.3 Å². The molecule has 0 fully saturated rings. The fourth-order valence-electron chi connectivity index (χ4n) is 0.970. The van der Waals surface area contributed by atoms with Crippen molar-refractivity contribution in [3.8, 4) is 5.75 Å². The number of rotatable bonds is 1. The molecule has 0 saturated carbocycles. The van der Waals surface area contributed by atoms with Gasteiger partial charge in [-0.2, -0.15) is 13.2 Å². The van der Waals surface area contributed by atoms with Gasteiger partial charge in [0.2, 0.25) is 0 Å². The van der Waals surface area contributed by atoms with Crippen LogP contribution in [0.15, 0.2) is 12.3 Å². The minimum Gasteiger partial charge on any atom is -0.506 e. The Morgan fingerprint density at radius 3 is 2.43 bits per heavy atom. The molecule has 0 aliphatic carbocycles. The summed E-state index contributed by atoms with van der Waals surface area (Å²) in [6, 6.07) is 0.0170. The number of hydrogen-bond acceptors (Lipinski definition) is 3. The van der Waals surface area contributed by atoms with Crippen LogP contribution in [0.3, 0.4) is 0 Å². The normalized spacial score (nSPS) is 14.1. The molecule has 0 aliphatic heterocycles. The lowest BCUT2D eigenvalue weighted by Crippen LogP contribution is -2.10. The minimum atomic E-state index is -4.50. The van der Waals surface area contributed by atoms with Crippen LogP contribution in [0.25, 0.3) is 0 Å².